The number of hydrogen-bond acceptors (Lipinski definition) is 4. The second-order valence-corrected chi connectivity index (χ2v) is 5.23. The maximum Gasteiger partial charge on any atom is 0.255 e. The summed E-state index contributed by atoms with van der Waals surface area (Å²) < 4.78 is 5.10. The SMILES string of the molecule is COCC1CC2CN(C(=O)c3cccnc3)CC(=O)N12. The lowest BCUT2D eigenvalue weighted by molar-refractivity contribution is -0.156. The topological polar surface area (TPSA) is 62.7 Å². The van der Waals surface area contributed by atoms with Crippen LogP contribution in [0.5, 0.6) is 0 Å². The highest BCUT2D eigenvalue weighted by molar-refractivity contribution is 5.97. The number of hydrogen-bond donors (Lipinski definition) is 0. The second kappa shape index (κ2) is 5.20. The van der Waals surface area contributed by atoms with Gasteiger partial charge in [-0.15, -0.1) is 0 Å². The van der Waals surface area contributed by atoms with Crippen LogP contribution < -0.4 is 0 Å². The van der Waals surface area contributed by atoms with E-state index in [0.717, 1.165) is 6.42 Å². The number of pyridine rings is 1. The highest BCUT2D eigenvalue weighted by Crippen LogP contribution is 2.30. The van der Waals surface area contributed by atoms with E-state index in [0.29, 0.717) is 18.7 Å². The Hall–Kier alpha value is -1.95. The maximum atomic E-state index is 12.3. The van der Waals surface area contributed by atoms with Crippen molar-refractivity contribution in [3.05, 3.63) is 30.1 Å². The zero-order chi connectivity index (χ0) is 14.1. The van der Waals surface area contributed by atoms with Crippen LogP contribution in [0.15, 0.2) is 24.5 Å². The minimum atomic E-state index is -0.124. The average molecular weight is 275 g/mol. The molecule has 0 N–H and O–H groups in total. The van der Waals surface area contributed by atoms with Crippen molar-refractivity contribution in [2.45, 2.75) is 18.5 Å². The molecule has 2 atom stereocenters. The number of ether oxygens (including phenoxy) is 1. The summed E-state index contributed by atoms with van der Waals surface area (Å²) in [4.78, 5) is 31.9. The van der Waals surface area contributed by atoms with Crippen LogP contribution in [0.2, 0.25) is 0 Å². The van der Waals surface area contributed by atoms with Gasteiger partial charge in [0.05, 0.1) is 24.3 Å². The number of carbonyl (C=O) groups excluding carboxylic acids is 2. The third-order valence-corrected chi connectivity index (χ3v) is 3.93. The average Bonchev–Trinajstić information content (AvgIpc) is 2.44. The molecular formula is C14H17N3O3. The number of nitrogens with zero attached hydrogens (tertiary/aromatic N) is 3. The molecule has 20 heavy (non-hydrogen) atoms. The number of piperazine rings is 1. The molecule has 6 nitrogen and oxygen atoms in total. The summed E-state index contributed by atoms with van der Waals surface area (Å²) in [5.74, 6) is -0.118. The van der Waals surface area contributed by atoms with Gasteiger partial charge < -0.3 is 14.5 Å². The first-order chi connectivity index (χ1) is 9.70. The Morgan fingerprint density at radius 3 is 3.05 bits per heavy atom. The van der Waals surface area contributed by atoms with Crippen molar-refractivity contribution >= 4 is 11.8 Å². The molecular weight excluding hydrogens is 258 g/mol. The molecule has 1 aromatic rings. The number of carbonyl (C=O) groups is 2. The minimum Gasteiger partial charge on any atom is -0.383 e. The summed E-state index contributed by atoms with van der Waals surface area (Å²) >= 11 is 0. The third-order valence-electron chi connectivity index (χ3n) is 3.93. The molecule has 0 radical (unpaired) electrons. The lowest BCUT2D eigenvalue weighted by Crippen LogP contribution is -2.69. The normalized spacial score (nSPS) is 25.1. The van der Waals surface area contributed by atoms with Gasteiger partial charge in [0.15, 0.2) is 0 Å². The van der Waals surface area contributed by atoms with Gasteiger partial charge in [0.1, 0.15) is 6.54 Å². The monoisotopic (exact) mass is 275 g/mol. The van der Waals surface area contributed by atoms with Crippen LogP contribution in [0.25, 0.3) is 0 Å². The highest BCUT2D eigenvalue weighted by Gasteiger charge is 2.46. The van der Waals surface area contributed by atoms with E-state index in [1.54, 1.807) is 30.3 Å². The Morgan fingerprint density at radius 2 is 2.40 bits per heavy atom. The Kier molecular flexibility index (Phi) is 3.40. The first kappa shape index (κ1) is 13.1. The lowest BCUT2D eigenvalue weighted by Gasteiger charge is -2.53. The molecule has 2 saturated heterocycles. The zero-order valence-electron chi connectivity index (χ0n) is 11.4. The van der Waals surface area contributed by atoms with E-state index in [9.17, 15) is 9.59 Å². The maximum absolute atomic E-state index is 12.3. The molecule has 0 saturated carbocycles. The molecule has 2 aliphatic rings. The highest BCUT2D eigenvalue weighted by atomic mass is 16.5. The van der Waals surface area contributed by atoms with Gasteiger partial charge >= 0.3 is 0 Å². The molecule has 3 heterocycles. The summed E-state index contributed by atoms with van der Waals surface area (Å²) in [6.07, 6.45) is 4.06. The van der Waals surface area contributed by atoms with Gasteiger partial charge in [-0.2, -0.15) is 0 Å². The molecule has 2 unspecified atom stereocenters. The van der Waals surface area contributed by atoms with Gasteiger partial charge in [-0.05, 0) is 18.6 Å². The van der Waals surface area contributed by atoms with Crippen LogP contribution in [0.3, 0.4) is 0 Å². The van der Waals surface area contributed by atoms with Gasteiger partial charge in [0.25, 0.3) is 5.91 Å². The zero-order valence-corrected chi connectivity index (χ0v) is 11.4. The number of aromatic nitrogens is 1. The van der Waals surface area contributed by atoms with Crippen LogP contribution in [0.4, 0.5) is 0 Å². The predicted molar refractivity (Wildman–Crippen MR) is 71.1 cm³/mol. The van der Waals surface area contributed by atoms with Crippen molar-refractivity contribution in [1.82, 2.24) is 14.8 Å². The first-order valence-corrected chi connectivity index (χ1v) is 6.70. The van der Waals surface area contributed by atoms with Crippen molar-refractivity contribution in [2.75, 3.05) is 26.8 Å². The van der Waals surface area contributed by atoms with E-state index in [1.807, 2.05) is 4.90 Å². The standard InChI is InChI=1S/C14H17N3O3/c1-20-9-12-5-11-7-16(8-13(18)17(11)12)14(19)10-3-2-4-15-6-10/h2-4,6,11-12H,5,7-9H2,1H3. The molecule has 0 aromatic carbocycles. The van der Waals surface area contributed by atoms with E-state index in [1.165, 1.54) is 6.20 Å². The summed E-state index contributed by atoms with van der Waals surface area (Å²) in [6, 6.07) is 3.76. The van der Waals surface area contributed by atoms with E-state index in [-0.39, 0.29) is 30.4 Å². The van der Waals surface area contributed by atoms with Gasteiger partial charge in [0.2, 0.25) is 5.91 Å². The van der Waals surface area contributed by atoms with Crippen LogP contribution >= 0.6 is 0 Å². The summed E-state index contributed by atoms with van der Waals surface area (Å²) in [5, 5.41) is 0. The Labute approximate surface area is 117 Å². The summed E-state index contributed by atoms with van der Waals surface area (Å²) in [6.45, 7) is 1.31. The van der Waals surface area contributed by atoms with Crippen LogP contribution in [-0.2, 0) is 9.53 Å². The van der Waals surface area contributed by atoms with Gasteiger partial charge in [0, 0.05) is 26.0 Å². The largest absolute Gasteiger partial charge is 0.383 e. The molecule has 106 valence electrons. The Morgan fingerprint density at radius 1 is 1.55 bits per heavy atom. The number of methoxy groups -OCH3 is 1. The van der Waals surface area contributed by atoms with E-state index >= 15 is 0 Å². The first-order valence-electron chi connectivity index (χ1n) is 6.70. The molecule has 6 heteroatoms. The van der Waals surface area contributed by atoms with Crippen molar-refractivity contribution in [1.29, 1.82) is 0 Å². The predicted octanol–water partition coefficient (Wildman–Crippen LogP) is 0.153. The summed E-state index contributed by atoms with van der Waals surface area (Å²) in [7, 11) is 1.64. The van der Waals surface area contributed by atoms with Crippen LogP contribution in [-0.4, -0.2) is 65.5 Å². The van der Waals surface area contributed by atoms with E-state index < -0.39 is 0 Å². The molecule has 2 aliphatic heterocycles. The van der Waals surface area contributed by atoms with Crippen molar-refractivity contribution in [3.8, 4) is 0 Å². The van der Waals surface area contributed by atoms with Crippen molar-refractivity contribution < 1.29 is 14.3 Å². The van der Waals surface area contributed by atoms with Crippen LogP contribution in [0.1, 0.15) is 16.8 Å². The van der Waals surface area contributed by atoms with E-state index in [4.69, 9.17) is 4.74 Å². The molecule has 0 bridgehead atoms. The molecule has 0 spiro atoms. The summed E-state index contributed by atoms with van der Waals surface area (Å²) in [5.41, 5.74) is 0.529. The molecule has 2 fully saturated rings. The quantitative estimate of drug-likeness (QED) is 0.788. The smallest absolute Gasteiger partial charge is 0.255 e. The van der Waals surface area contributed by atoms with Crippen molar-refractivity contribution in [3.63, 3.8) is 0 Å². The third kappa shape index (κ3) is 2.16. The second-order valence-electron chi connectivity index (χ2n) is 5.23. The molecule has 0 aliphatic carbocycles. The number of fused-ring (bicyclic) bond motifs is 1. The van der Waals surface area contributed by atoms with Gasteiger partial charge in [-0.1, -0.05) is 0 Å². The van der Waals surface area contributed by atoms with E-state index in [2.05, 4.69) is 4.98 Å². The number of amides is 2. The van der Waals surface area contributed by atoms with Gasteiger partial charge in [-0.25, -0.2) is 0 Å². The Bertz CT molecular complexity index is 520. The van der Waals surface area contributed by atoms with Crippen LogP contribution in [0, 0.1) is 0 Å². The Balaban J connectivity index is 1.68. The fraction of sp³-hybridized carbons (Fsp3) is 0.500. The molecule has 2 amide bonds. The minimum absolute atomic E-state index is 0.00629. The number of rotatable bonds is 3. The molecule has 1 aromatic heterocycles. The van der Waals surface area contributed by atoms with Crippen molar-refractivity contribution in [2.24, 2.45) is 0 Å². The fourth-order valence-electron chi connectivity index (χ4n) is 3.00. The molecule has 3 rings (SSSR count). The lowest BCUT2D eigenvalue weighted by atomic mass is 9.90. The van der Waals surface area contributed by atoms with Gasteiger partial charge in [-0.3, -0.25) is 14.6 Å². The fourth-order valence-corrected chi connectivity index (χ4v) is 3.00.